The molecule has 1 N–H and O–H groups in total. The van der Waals surface area contributed by atoms with Gasteiger partial charge in [0.05, 0.1) is 16.8 Å². The molecule has 0 radical (unpaired) electrons. The molecule has 0 spiro atoms. The summed E-state index contributed by atoms with van der Waals surface area (Å²) in [6.45, 7) is 3.15. The van der Waals surface area contributed by atoms with Crippen molar-refractivity contribution in [1.82, 2.24) is 9.29 Å². The Morgan fingerprint density at radius 2 is 1.97 bits per heavy atom. The van der Waals surface area contributed by atoms with Crippen LogP contribution in [0.15, 0.2) is 41.3 Å². The highest BCUT2D eigenvalue weighted by Crippen LogP contribution is 2.30. The third-order valence-corrected chi connectivity index (χ3v) is 7.86. The van der Waals surface area contributed by atoms with E-state index < -0.39 is 26.6 Å². The summed E-state index contributed by atoms with van der Waals surface area (Å²) in [5, 5.41) is 3.03. The van der Waals surface area contributed by atoms with Gasteiger partial charge in [-0.1, -0.05) is 17.8 Å². The zero-order valence-corrected chi connectivity index (χ0v) is 18.6. The highest BCUT2D eigenvalue weighted by molar-refractivity contribution is 7.89. The van der Waals surface area contributed by atoms with Crippen LogP contribution in [0.3, 0.4) is 0 Å². The van der Waals surface area contributed by atoms with Crippen molar-refractivity contribution in [2.75, 3.05) is 25.0 Å². The van der Waals surface area contributed by atoms with Crippen molar-refractivity contribution in [3.63, 3.8) is 0 Å². The van der Waals surface area contributed by atoms with Gasteiger partial charge in [-0.15, -0.1) is 0 Å². The molecule has 0 aliphatic carbocycles. The Labute approximate surface area is 183 Å². The molecular weight excluding hydrogens is 441 g/mol. The maximum absolute atomic E-state index is 14.4. The molecule has 0 unspecified atom stereocenters. The van der Waals surface area contributed by atoms with Crippen molar-refractivity contribution in [1.29, 1.82) is 0 Å². The molecular formula is C21H22FN3O4S2. The van der Waals surface area contributed by atoms with E-state index in [9.17, 15) is 17.6 Å². The minimum absolute atomic E-state index is 0.0474. The van der Waals surface area contributed by atoms with Crippen LogP contribution in [0.1, 0.15) is 36.5 Å². The second-order valence-corrected chi connectivity index (χ2v) is 10.1. The molecule has 7 nitrogen and oxygen atoms in total. The summed E-state index contributed by atoms with van der Waals surface area (Å²) in [5.41, 5.74) is 0.752. The molecule has 1 aliphatic rings. The van der Waals surface area contributed by atoms with Crippen molar-refractivity contribution >= 4 is 42.6 Å². The van der Waals surface area contributed by atoms with Gasteiger partial charge in [0.2, 0.25) is 10.0 Å². The molecule has 31 heavy (non-hydrogen) atoms. The second-order valence-electron chi connectivity index (χ2n) is 7.15. The first kappa shape index (κ1) is 21.7. The summed E-state index contributed by atoms with van der Waals surface area (Å²) >= 11 is 1.27. The van der Waals surface area contributed by atoms with Gasteiger partial charge in [-0.05, 0) is 56.2 Å². The molecule has 0 bridgehead atoms. The van der Waals surface area contributed by atoms with Gasteiger partial charge >= 0.3 is 0 Å². The summed E-state index contributed by atoms with van der Waals surface area (Å²) in [5.74, 6) is -0.715. The third kappa shape index (κ3) is 4.56. The normalized spacial score (nSPS) is 15.2. The van der Waals surface area contributed by atoms with Crippen molar-refractivity contribution < 1.29 is 22.3 Å². The Morgan fingerprint density at radius 3 is 2.71 bits per heavy atom. The molecule has 0 atom stereocenters. The Hall–Kier alpha value is -2.56. The first-order valence-corrected chi connectivity index (χ1v) is 12.3. The number of benzene rings is 2. The highest BCUT2D eigenvalue weighted by Gasteiger charge is 2.29. The van der Waals surface area contributed by atoms with E-state index in [0.29, 0.717) is 36.1 Å². The van der Waals surface area contributed by atoms with Crippen LogP contribution < -0.4 is 10.1 Å². The number of piperidine rings is 1. The number of carbonyl (C=O) groups excluding carboxylic acids is 1. The van der Waals surface area contributed by atoms with E-state index in [4.69, 9.17) is 4.74 Å². The minimum atomic E-state index is -4.00. The second kappa shape index (κ2) is 8.89. The van der Waals surface area contributed by atoms with E-state index in [-0.39, 0.29) is 5.56 Å². The van der Waals surface area contributed by atoms with E-state index >= 15 is 0 Å². The first-order chi connectivity index (χ1) is 14.9. The Bertz CT molecular complexity index is 1220. The topological polar surface area (TPSA) is 88.6 Å². The summed E-state index contributed by atoms with van der Waals surface area (Å²) in [7, 11) is -4.00. The number of anilines is 1. The van der Waals surface area contributed by atoms with Gasteiger partial charge < -0.3 is 4.74 Å². The molecule has 2 heterocycles. The SMILES string of the molecule is CCOc1ccc2nc(NC(=O)c3ccc(F)c(S(=O)(=O)N4CCCCC4)c3)sc2c1. The standard InChI is InChI=1S/C21H22FN3O4S2/c1-2-29-15-7-9-17-18(13-15)30-21(23-17)24-20(26)14-6-8-16(22)19(12-14)31(27,28)25-10-4-3-5-11-25/h6-9,12-13H,2-5,10-11H2,1H3,(H,23,24,26). The van der Waals surface area contributed by atoms with Crippen LogP contribution in [-0.4, -0.2) is 43.3 Å². The average Bonchev–Trinajstić information content (AvgIpc) is 3.16. The van der Waals surface area contributed by atoms with Crippen LogP contribution in [0, 0.1) is 5.82 Å². The molecule has 4 rings (SSSR count). The number of amides is 1. The maximum atomic E-state index is 14.4. The number of fused-ring (bicyclic) bond motifs is 1. The monoisotopic (exact) mass is 463 g/mol. The number of ether oxygens (including phenoxy) is 1. The zero-order valence-electron chi connectivity index (χ0n) is 16.9. The summed E-state index contributed by atoms with van der Waals surface area (Å²) in [6, 6.07) is 8.81. The van der Waals surface area contributed by atoms with E-state index in [1.165, 1.54) is 21.7 Å². The smallest absolute Gasteiger partial charge is 0.257 e. The van der Waals surface area contributed by atoms with Crippen LogP contribution in [0.4, 0.5) is 9.52 Å². The molecule has 1 aliphatic heterocycles. The van der Waals surface area contributed by atoms with E-state index in [1.54, 1.807) is 12.1 Å². The lowest BCUT2D eigenvalue weighted by atomic mass is 10.2. The van der Waals surface area contributed by atoms with Gasteiger partial charge in [0.25, 0.3) is 5.91 Å². The van der Waals surface area contributed by atoms with Gasteiger partial charge in [0.15, 0.2) is 5.13 Å². The van der Waals surface area contributed by atoms with Gasteiger partial charge in [-0.3, -0.25) is 10.1 Å². The molecule has 1 aromatic heterocycles. The lowest BCUT2D eigenvalue weighted by Gasteiger charge is -2.26. The number of halogens is 1. The Balaban J connectivity index is 1.58. The molecule has 164 valence electrons. The van der Waals surface area contributed by atoms with Crippen molar-refractivity contribution in [2.45, 2.75) is 31.1 Å². The molecule has 1 amide bonds. The van der Waals surface area contributed by atoms with Gasteiger partial charge in [0, 0.05) is 18.7 Å². The average molecular weight is 464 g/mol. The van der Waals surface area contributed by atoms with Crippen LogP contribution in [0.2, 0.25) is 0 Å². The molecule has 1 saturated heterocycles. The van der Waals surface area contributed by atoms with Crippen molar-refractivity contribution in [3.8, 4) is 5.75 Å². The first-order valence-electron chi connectivity index (χ1n) is 10.0. The number of hydrogen-bond acceptors (Lipinski definition) is 6. The quantitative estimate of drug-likeness (QED) is 0.590. The summed E-state index contributed by atoms with van der Waals surface area (Å²) in [4.78, 5) is 16.6. The molecule has 3 aromatic rings. The predicted octanol–water partition coefficient (Wildman–Crippen LogP) is 4.26. The maximum Gasteiger partial charge on any atom is 0.257 e. The fourth-order valence-electron chi connectivity index (χ4n) is 3.47. The van der Waals surface area contributed by atoms with Crippen molar-refractivity contribution in [3.05, 3.63) is 47.8 Å². The summed E-state index contributed by atoms with van der Waals surface area (Å²) < 4.78 is 47.7. The lowest BCUT2D eigenvalue weighted by molar-refractivity contribution is 0.102. The molecule has 2 aromatic carbocycles. The van der Waals surface area contributed by atoms with Crippen LogP contribution in [0.5, 0.6) is 5.75 Å². The van der Waals surface area contributed by atoms with E-state index in [1.807, 2.05) is 13.0 Å². The number of thiazole rings is 1. The van der Waals surface area contributed by atoms with Crippen LogP contribution in [0.25, 0.3) is 10.2 Å². The predicted molar refractivity (Wildman–Crippen MR) is 118 cm³/mol. The number of carbonyl (C=O) groups is 1. The number of nitrogens with zero attached hydrogens (tertiary/aromatic N) is 2. The van der Waals surface area contributed by atoms with Gasteiger partial charge in [-0.2, -0.15) is 4.31 Å². The zero-order chi connectivity index (χ0) is 22.0. The number of hydrogen-bond donors (Lipinski definition) is 1. The highest BCUT2D eigenvalue weighted by atomic mass is 32.2. The Kier molecular flexibility index (Phi) is 6.22. The summed E-state index contributed by atoms with van der Waals surface area (Å²) in [6.07, 6.45) is 2.43. The molecule has 0 saturated carbocycles. The molecule has 1 fully saturated rings. The lowest BCUT2D eigenvalue weighted by Crippen LogP contribution is -2.36. The third-order valence-electron chi connectivity index (χ3n) is 5.02. The van der Waals surface area contributed by atoms with E-state index in [0.717, 1.165) is 36.1 Å². The van der Waals surface area contributed by atoms with Gasteiger partial charge in [0.1, 0.15) is 16.5 Å². The number of rotatable bonds is 6. The fraction of sp³-hybridized carbons (Fsp3) is 0.333. The molecule has 10 heteroatoms. The number of sulfonamides is 1. The minimum Gasteiger partial charge on any atom is -0.494 e. The van der Waals surface area contributed by atoms with Gasteiger partial charge in [-0.25, -0.2) is 17.8 Å². The number of nitrogens with one attached hydrogen (secondary N) is 1. The van der Waals surface area contributed by atoms with E-state index in [2.05, 4.69) is 10.3 Å². The largest absolute Gasteiger partial charge is 0.494 e. The number of aromatic nitrogens is 1. The van der Waals surface area contributed by atoms with Crippen molar-refractivity contribution in [2.24, 2.45) is 0 Å². The Morgan fingerprint density at radius 1 is 1.19 bits per heavy atom. The fourth-order valence-corrected chi connectivity index (χ4v) is 5.97. The van der Waals surface area contributed by atoms with Crippen LogP contribution >= 0.6 is 11.3 Å². The van der Waals surface area contributed by atoms with Crippen LogP contribution in [-0.2, 0) is 10.0 Å².